The van der Waals surface area contributed by atoms with Crippen molar-refractivity contribution in [3.8, 4) is 0 Å². The van der Waals surface area contributed by atoms with Crippen molar-refractivity contribution in [2.75, 3.05) is 0 Å². The Balaban J connectivity index is 4.40. The number of aliphatic hydroxyl groups excluding tert-OH is 3. The second kappa shape index (κ2) is 4.18. The van der Waals surface area contributed by atoms with Gasteiger partial charge in [0.15, 0.2) is 0 Å². The predicted molar refractivity (Wildman–Crippen MR) is 45.5 cm³/mol. The Kier molecular flexibility index (Phi) is 4.13. The number of nitrogens with one attached hydrogen (secondary N) is 1. The van der Waals surface area contributed by atoms with E-state index in [9.17, 15) is 10.2 Å². The van der Waals surface area contributed by atoms with Crippen molar-refractivity contribution < 1.29 is 15.3 Å². The number of rotatable bonds is 4. The average Bonchev–Trinajstić information content (AvgIpc) is 1.84. The van der Waals surface area contributed by atoms with Gasteiger partial charge in [0.25, 0.3) is 0 Å². The first-order valence-corrected chi connectivity index (χ1v) is 4.10. The number of aliphatic hydroxyl groups is 3. The highest BCUT2D eigenvalue weighted by Crippen LogP contribution is 2.21. The molecular weight excluding hydrogens is 158 g/mol. The summed E-state index contributed by atoms with van der Waals surface area (Å²) in [4.78, 5) is 0. The maximum atomic E-state index is 9.23. The van der Waals surface area contributed by atoms with E-state index >= 15 is 0 Å². The minimum absolute atomic E-state index is 0.0718. The van der Waals surface area contributed by atoms with Gasteiger partial charge in [0.1, 0.15) is 0 Å². The molecule has 0 heterocycles. The van der Waals surface area contributed by atoms with Gasteiger partial charge in [-0.3, -0.25) is 0 Å². The monoisotopic (exact) mass is 176 g/mol. The molecule has 4 heteroatoms. The van der Waals surface area contributed by atoms with Crippen molar-refractivity contribution in [1.82, 2.24) is 5.73 Å². The summed E-state index contributed by atoms with van der Waals surface area (Å²) >= 11 is 0. The van der Waals surface area contributed by atoms with Gasteiger partial charge in [-0.1, -0.05) is 0 Å². The third-order valence-electron chi connectivity index (χ3n) is 2.12. The number of hydrogen-bond donors (Lipinski definition) is 3. The van der Waals surface area contributed by atoms with Crippen LogP contribution in [0.3, 0.4) is 0 Å². The zero-order chi connectivity index (χ0) is 9.94. The molecular formula is C8H18NO3. The van der Waals surface area contributed by atoms with E-state index in [4.69, 9.17) is 10.8 Å². The van der Waals surface area contributed by atoms with Gasteiger partial charge in [0, 0.05) is 0 Å². The van der Waals surface area contributed by atoms with Gasteiger partial charge in [-0.05, 0) is 27.2 Å². The van der Waals surface area contributed by atoms with E-state index in [0.29, 0.717) is 0 Å². The molecule has 0 rings (SSSR count). The van der Waals surface area contributed by atoms with Crippen molar-refractivity contribution in [3.05, 3.63) is 0 Å². The summed E-state index contributed by atoms with van der Waals surface area (Å²) in [5, 5.41) is 27.5. The SMILES string of the molecule is CC(O)CC([NH])(C(C)O)C(C)O. The summed E-state index contributed by atoms with van der Waals surface area (Å²) in [7, 11) is 0. The van der Waals surface area contributed by atoms with Crippen molar-refractivity contribution in [2.24, 2.45) is 0 Å². The summed E-state index contributed by atoms with van der Waals surface area (Å²) in [6.45, 7) is 4.43. The Hall–Kier alpha value is -0.160. The molecule has 0 aromatic heterocycles. The molecule has 3 unspecified atom stereocenters. The van der Waals surface area contributed by atoms with Crippen LogP contribution >= 0.6 is 0 Å². The Morgan fingerprint density at radius 1 is 1.08 bits per heavy atom. The van der Waals surface area contributed by atoms with Crippen molar-refractivity contribution >= 4 is 0 Å². The van der Waals surface area contributed by atoms with Crippen LogP contribution < -0.4 is 5.73 Å². The summed E-state index contributed by atoms with van der Waals surface area (Å²) in [6, 6.07) is 0. The Morgan fingerprint density at radius 2 is 1.42 bits per heavy atom. The molecule has 0 fully saturated rings. The molecule has 0 aliphatic rings. The van der Waals surface area contributed by atoms with Crippen LogP contribution in [0.2, 0.25) is 0 Å². The fourth-order valence-corrected chi connectivity index (χ4v) is 1.18. The lowest BCUT2D eigenvalue weighted by molar-refractivity contribution is -0.0228. The summed E-state index contributed by atoms with van der Waals surface area (Å²) in [6.07, 6.45) is -2.52. The van der Waals surface area contributed by atoms with Gasteiger partial charge >= 0.3 is 0 Å². The van der Waals surface area contributed by atoms with Gasteiger partial charge in [0.2, 0.25) is 0 Å². The third kappa shape index (κ3) is 2.71. The largest absolute Gasteiger partial charge is 0.393 e. The first kappa shape index (κ1) is 11.8. The molecule has 0 spiro atoms. The Morgan fingerprint density at radius 3 is 1.50 bits per heavy atom. The van der Waals surface area contributed by atoms with E-state index in [-0.39, 0.29) is 6.42 Å². The van der Waals surface area contributed by atoms with E-state index in [0.717, 1.165) is 0 Å². The zero-order valence-corrected chi connectivity index (χ0v) is 7.78. The van der Waals surface area contributed by atoms with Crippen LogP contribution in [0, 0.1) is 0 Å². The highest BCUT2D eigenvalue weighted by Gasteiger charge is 2.37. The van der Waals surface area contributed by atoms with E-state index in [1.54, 1.807) is 0 Å². The predicted octanol–water partition coefficient (Wildman–Crippen LogP) is -0.459. The molecule has 0 bridgehead atoms. The fraction of sp³-hybridized carbons (Fsp3) is 1.00. The van der Waals surface area contributed by atoms with E-state index in [1.165, 1.54) is 20.8 Å². The molecule has 0 amide bonds. The van der Waals surface area contributed by atoms with Crippen LogP contribution in [-0.2, 0) is 0 Å². The highest BCUT2D eigenvalue weighted by molar-refractivity contribution is 4.94. The van der Waals surface area contributed by atoms with Gasteiger partial charge in [-0.15, -0.1) is 0 Å². The van der Waals surface area contributed by atoms with Crippen LogP contribution in [0.5, 0.6) is 0 Å². The topological polar surface area (TPSA) is 84.5 Å². The maximum absolute atomic E-state index is 9.23. The quantitative estimate of drug-likeness (QED) is 0.542. The van der Waals surface area contributed by atoms with Crippen molar-refractivity contribution in [1.29, 1.82) is 0 Å². The van der Waals surface area contributed by atoms with Crippen LogP contribution in [0.15, 0.2) is 0 Å². The van der Waals surface area contributed by atoms with Crippen LogP contribution in [0.1, 0.15) is 27.2 Å². The molecule has 3 atom stereocenters. The summed E-state index contributed by atoms with van der Waals surface area (Å²) in [5.74, 6) is 0. The first-order chi connectivity index (χ1) is 5.30. The highest BCUT2D eigenvalue weighted by atomic mass is 16.3. The minimum atomic E-state index is -1.37. The van der Waals surface area contributed by atoms with Gasteiger partial charge in [-0.25, -0.2) is 5.73 Å². The van der Waals surface area contributed by atoms with E-state index in [2.05, 4.69) is 0 Å². The normalized spacial score (nSPS) is 24.2. The molecule has 4 nitrogen and oxygen atoms in total. The third-order valence-corrected chi connectivity index (χ3v) is 2.12. The smallest absolute Gasteiger partial charge is 0.0859 e. The zero-order valence-electron chi connectivity index (χ0n) is 7.78. The Labute approximate surface area is 73.0 Å². The standard InChI is InChI=1S/C8H18NO3/c1-5(10)4-8(9,6(2)11)7(3)12/h5-7,9-12H,4H2,1-3H3. The van der Waals surface area contributed by atoms with Gasteiger partial charge in [0.05, 0.1) is 23.9 Å². The average molecular weight is 176 g/mol. The molecule has 0 aliphatic heterocycles. The van der Waals surface area contributed by atoms with Crippen LogP contribution in [0.25, 0.3) is 0 Å². The Bertz CT molecular complexity index is 126. The lowest BCUT2D eigenvalue weighted by Crippen LogP contribution is -2.53. The summed E-state index contributed by atoms with van der Waals surface area (Å²) in [5.41, 5.74) is 6.33. The van der Waals surface area contributed by atoms with Crippen LogP contribution in [-0.4, -0.2) is 39.2 Å². The van der Waals surface area contributed by atoms with Crippen molar-refractivity contribution in [3.63, 3.8) is 0 Å². The van der Waals surface area contributed by atoms with Gasteiger partial charge in [-0.2, -0.15) is 0 Å². The molecule has 1 radical (unpaired) electrons. The molecule has 4 N–H and O–H groups in total. The molecule has 0 aromatic rings. The van der Waals surface area contributed by atoms with E-state index in [1.807, 2.05) is 0 Å². The summed E-state index contributed by atoms with van der Waals surface area (Å²) < 4.78 is 0. The maximum Gasteiger partial charge on any atom is 0.0859 e. The molecule has 0 saturated carbocycles. The van der Waals surface area contributed by atoms with Gasteiger partial charge < -0.3 is 15.3 Å². The second-order valence-corrected chi connectivity index (χ2v) is 3.45. The molecule has 0 saturated heterocycles. The fourth-order valence-electron chi connectivity index (χ4n) is 1.18. The molecule has 0 aromatic carbocycles. The minimum Gasteiger partial charge on any atom is -0.393 e. The lowest BCUT2D eigenvalue weighted by Gasteiger charge is -2.35. The van der Waals surface area contributed by atoms with Crippen LogP contribution in [0.4, 0.5) is 0 Å². The molecule has 73 valence electrons. The molecule has 12 heavy (non-hydrogen) atoms. The number of hydrogen-bond acceptors (Lipinski definition) is 3. The van der Waals surface area contributed by atoms with E-state index < -0.39 is 23.9 Å². The first-order valence-electron chi connectivity index (χ1n) is 4.10. The molecule has 0 aliphatic carbocycles. The lowest BCUT2D eigenvalue weighted by atomic mass is 9.84. The second-order valence-electron chi connectivity index (χ2n) is 3.45. The van der Waals surface area contributed by atoms with Crippen molar-refractivity contribution in [2.45, 2.75) is 51.0 Å².